The lowest BCUT2D eigenvalue weighted by Gasteiger charge is -2.18. The zero-order chi connectivity index (χ0) is 17.9. The number of urea groups is 1. The molecule has 0 unspecified atom stereocenters. The summed E-state index contributed by atoms with van der Waals surface area (Å²) in [6, 6.07) is 9.08. The number of rotatable bonds is 9. The smallest absolute Gasteiger partial charge is 0.326 e. The van der Waals surface area contributed by atoms with Crippen LogP contribution in [0.5, 0.6) is 0 Å². The molecule has 1 saturated carbocycles. The lowest BCUT2D eigenvalue weighted by atomic mass is 10.1. The number of amides is 3. The topological polar surface area (TPSA) is 105 Å². The van der Waals surface area contributed by atoms with E-state index in [1.54, 1.807) is 0 Å². The van der Waals surface area contributed by atoms with Gasteiger partial charge in [-0.2, -0.15) is 0 Å². The maximum atomic E-state index is 12.3. The third kappa shape index (κ3) is 4.56. The van der Waals surface area contributed by atoms with E-state index in [4.69, 9.17) is 4.74 Å². The first-order valence-corrected chi connectivity index (χ1v) is 9.79. The fourth-order valence-corrected chi connectivity index (χ4v) is 4.31. The second kappa shape index (κ2) is 7.11. The predicted octanol–water partition coefficient (Wildman–Crippen LogP) is 0.511. The number of nitrogens with one attached hydrogen (secondary N) is 2. The number of hydrogen-bond acceptors (Lipinski definition) is 5. The van der Waals surface area contributed by atoms with E-state index in [0.717, 1.165) is 18.4 Å². The van der Waals surface area contributed by atoms with Gasteiger partial charge in [0, 0.05) is 6.61 Å². The van der Waals surface area contributed by atoms with Crippen molar-refractivity contribution in [2.45, 2.75) is 24.8 Å². The second-order valence-corrected chi connectivity index (χ2v) is 8.15. The van der Waals surface area contributed by atoms with E-state index in [1.165, 1.54) is 4.90 Å². The number of carbonyl (C=O) groups is 2. The van der Waals surface area contributed by atoms with Gasteiger partial charge in [-0.25, -0.2) is 17.9 Å². The zero-order valence-electron chi connectivity index (χ0n) is 13.7. The van der Waals surface area contributed by atoms with Gasteiger partial charge in [0.1, 0.15) is 13.3 Å². The molecule has 136 valence electrons. The minimum Gasteiger partial charge on any atom is -0.361 e. The third-order valence-corrected chi connectivity index (χ3v) is 5.77. The van der Waals surface area contributed by atoms with E-state index in [2.05, 4.69) is 10.0 Å². The van der Waals surface area contributed by atoms with Gasteiger partial charge in [-0.15, -0.1) is 0 Å². The molecule has 0 radical (unpaired) electrons. The summed E-state index contributed by atoms with van der Waals surface area (Å²) in [5, 5.41) is 2.14. The lowest BCUT2D eigenvalue weighted by Crippen LogP contribution is -2.36. The summed E-state index contributed by atoms with van der Waals surface area (Å²) in [5.41, 5.74) is 0.522. The van der Waals surface area contributed by atoms with Gasteiger partial charge >= 0.3 is 6.03 Å². The van der Waals surface area contributed by atoms with Crippen molar-refractivity contribution < 1.29 is 22.7 Å². The largest absolute Gasteiger partial charge is 0.361 e. The fourth-order valence-electron chi connectivity index (χ4n) is 2.79. The van der Waals surface area contributed by atoms with Crippen LogP contribution in [0.3, 0.4) is 0 Å². The first-order chi connectivity index (χ1) is 11.9. The Kier molecular flexibility index (Phi) is 5.07. The number of ether oxygens (including phenoxy) is 1. The number of carbonyl (C=O) groups excluding carboxylic acids is 2. The number of nitrogens with zero attached hydrogens (tertiary/aromatic N) is 1. The molecule has 8 nitrogen and oxygen atoms in total. The third-order valence-electron chi connectivity index (χ3n) is 4.24. The fraction of sp³-hybridized carbons (Fsp3) is 0.500. The molecule has 2 fully saturated rings. The molecular weight excluding hydrogens is 346 g/mol. The molecule has 2 aliphatic rings. The average molecular weight is 367 g/mol. The summed E-state index contributed by atoms with van der Waals surface area (Å²) >= 11 is 0. The minimum atomic E-state index is -3.42. The van der Waals surface area contributed by atoms with Gasteiger partial charge in [-0.05, 0) is 24.8 Å². The first-order valence-electron chi connectivity index (χ1n) is 8.14. The van der Waals surface area contributed by atoms with Gasteiger partial charge in [-0.1, -0.05) is 30.3 Å². The van der Waals surface area contributed by atoms with E-state index in [9.17, 15) is 18.0 Å². The molecule has 2 N–H and O–H groups in total. The van der Waals surface area contributed by atoms with Crippen molar-refractivity contribution in [2.75, 3.05) is 25.6 Å². The van der Waals surface area contributed by atoms with Crippen LogP contribution in [-0.2, 0) is 25.1 Å². The molecule has 0 bridgehead atoms. The molecule has 0 spiro atoms. The molecule has 0 atom stereocenters. The molecule has 3 rings (SSSR count). The van der Waals surface area contributed by atoms with Crippen LogP contribution in [0.1, 0.15) is 24.8 Å². The van der Waals surface area contributed by atoms with Crippen LogP contribution in [0.15, 0.2) is 30.3 Å². The Morgan fingerprint density at radius 3 is 2.52 bits per heavy atom. The highest BCUT2D eigenvalue weighted by Gasteiger charge is 2.46. The van der Waals surface area contributed by atoms with Crippen molar-refractivity contribution in [3.8, 4) is 0 Å². The Bertz CT molecular complexity index is 746. The van der Waals surface area contributed by atoms with Crippen LogP contribution in [0.25, 0.3) is 0 Å². The number of sulfonamides is 1. The van der Waals surface area contributed by atoms with E-state index < -0.39 is 21.6 Å². The van der Waals surface area contributed by atoms with Crippen molar-refractivity contribution in [3.63, 3.8) is 0 Å². The summed E-state index contributed by atoms with van der Waals surface area (Å²) in [4.78, 5) is 23.6. The van der Waals surface area contributed by atoms with Crippen molar-refractivity contribution in [2.24, 2.45) is 0 Å². The quantitative estimate of drug-likeness (QED) is 0.489. The molecular formula is C16H21N3O5S. The molecule has 25 heavy (non-hydrogen) atoms. The van der Waals surface area contributed by atoms with E-state index >= 15 is 0 Å². The summed E-state index contributed by atoms with van der Waals surface area (Å²) in [6.45, 7) is 0.133. The molecule has 1 aromatic carbocycles. The summed E-state index contributed by atoms with van der Waals surface area (Å²) in [5.74, 6) is -0.414. The van der Waals surface area contributed by atoms with Crippen LogP contribution in [0.2, 0.25) is 0 Å². The summed E-state index contributed by atoms with van der Waals surface area (Å²) in [6.07, 6.45) is 1.90. The van der Waals surface area contributed by atoms with Gasteiger partial charge in [0.2, 0.25) is 15.9 Å². The van der Waals surface area contributed by atoms with Gasteiger partial charge in [0.05, 0.1) is 11.3 Å². The van der Waals surface area contributed by atoms with Crippen molar-refractivity contribution >= 4 is 22.0 Å². The minimum absolute atomic E-state index is 0.0288. The van der Waals surface area contributed by atoms with E-state index in [-0.39, 0.29) is 31.5 Å². The summed E-state index contributed by atoms with van der Waals surface area (Å²) in [7, 11) is -3.42. The molecule has 1 aromatic rings. The Hall–Kier alpha value is -1.97. The number of hydrogen-bond donors (Lipinski definition) is 2. The second-order valence-electron chi connectivity index (χ2n) is 6.31. The van der Waals surface area contributed by atoms with Crippen LogP contribution in [0.4, 0.5) is 4.79 Å². The summed E-state index contributed by atoms with van der Waals surface area (Å²) < 4.78 is 32.7. The van der Waals surface area contributed by atoms with Gasteiger partial charge in [0.25, 0.3) is 0 Å². The normalized spacial score (nSPS) is 19.1. The van der Waals surface area contributed by atoms with E-state index in [1.807, 2.05) is 30.3 Å². The maximum Gasteiger partial charge on any atom is 0.326 e. The Morgan fingerprint density at radius 2 is 1.92 bits per heavy atom. The Morgan fingerprint density at radius 1 is 1.20 bits per heavy atom. The van der Waals surface area contributed by atoms with E-state index in [0.29, 0.717) is 6.42 Å². The highest BCUT2D eigenvalue weighted by molar-refractivity contribution is 7.89. The van der Waals surface area contributed by atoms with Gasteiger partial charge in [0.15, 0.2) is 0 Å². The Balaban J connectivity index is 1.41. The molecule has 1 saturated heterocycles. The van der Waals surface area contributed by atoms with Gasteiger partial charge in [-0.3, -0.25) is 15.0 Å². The van der Waals surface area contributed by atoms with Crippen molar-refractivity contribution in [3.05, 3.63) is 35.9 Å². The first kappa shape index (κ1) is 17.8. The van der Waals surface area contributed by atoms with Crippen LogP contribution >= 0.6 is 0 Å². The van der Waals surface area contributed by atoms with Crippen molar-refractivity contribution in [1.29, 1.82) is 0 Å². The highest BCUT2D eigenvalue weighted by atomic mass is 32.2. The Labute approximate surface area is 146 Å². The maximum absolute atomic E-state index is 12.3. The number of benzene rings is 1. The SMILES string of the molecule is O=C1CN(COCCCS(=O)(=O)NC2(c3ccccc3)CC2)C(=O)N1. The monoisotopic (exact) mass is 367 g/mol. The zero-order valence-corrected chi connectivity index (χ0v) is 14.5. The number of imide groups is 1. The van der Waals surface area contributed by atoms with Crippen LogP contribution in [0, 0.1) is 0 Å². The molecule has 1 aliphatic heterocycles. The molecule has 0 aromatic heterocycles. The van der Waals surface area contributed by atoms with Crippen molar-refractivity contribution in [1.82, 2.24) is 14.9 Å². The molecule has 9 heteroatoms. The highest BCUT2D eigenvalue weighted by Crippen LogP contribution is 2.45. The van der Waals surface area contributed by atoms with Crippen LogP contribution < -0.4 is 10.0 Å². The molecule has 1 heterocycles. The predicted molar refractivity (Wildman–Crippen MR) is 90.0 cm³/mol. The lowest BCUT2D eigenvalue weighted by molar-refractivity contribution is -0.118. The standard InChI is InChI=1S/C16H21N3O5S/c20-14-11-19(15(21)17-14)12-24-9-4-10-25(22,23)18-16(7-8-16)13-5-2-1-3-6-13/h1-3,5-6,18H,4,7-12H2,(H,17,20,21). The average Bonchev–Trinajstić information content (AvgIpc) is 3.26. The van der Waals surface area contributed by atoms with Crippen LogP contribution in [-0.4, -0.2) is 50.9 Å². The molecule has 3 amide bonds. The van der Waals surface area contributed by atoms with Gasteiger partial charge < -0.3 is 4.74 Å². The molecule has 1 aliphatic carbocycles.